The van der Waals surface area contributed by atoms with Gasteiger partial charge >= 0.3 is 0 Å². The lowest BCUT2D eigenvalue weighted by Gasteiger charge is -2.40. The summed E-state index contributed by atoms with van der Waals surface area (Å²) in [6, 6.07) is 0.439. The number of nitrogens with zero attached hydrogens (tertiary/aromatic N) is 1. The number of hydrogen-bond acceptors (Lipinski definition) is 2. The summed E-state index contributed by atoms with van der Waals surface area (Å²) >= 11 is 0. The third-order valence-electron chi connectivity index (χ3n) is 5.23. The van der Waals surface area contributed by atoms with Crippen molar-refractivity contribution in [1.29, 1.82) is 0 Å². The second-order valence-corrected chi connectivity index (χ2v) is 7.06. The van der Waals surface area contributed by atoms with Crippen LogP contribution < -0.4 is 5.32 Å². The molecule has 0 bridgehead atoms. The zero-order valence-electron chi connectivity index (χ0n) is 13.2. The van der Waals surface area contributed by atoms with Crippen LogP contribution in [0.15, 0.2) is 0 Å². The summed E-state index contributed by atoms with van der Waals surface area (Å²) in [6.45, 7) is 10.9. The first kappa shape index (κ1) is 14.8. The average Bonchev–Trinajstić information content (AvgIpc) is 2.64. The highest BCUT2D eigenvalue weighted by molar-refractivity contribution is 5.88. The summed E-state index contributed by atoms with van der Waals surface area (Å²) in [4.78, 5) is 15.1. The van der Waals surface area contributed by atoms with Gasteiger partial charge in [-0.3, -0.25) is 10.1 Å². The monoisotopic (exact) mass is 266 g/mol. The first-order chi connectivity index (χ1) is 8.90. The topological polar surface area (TPSA) is 32.3 Å². The summed E-state index contributed by atoms with van der Waals surface area (Å²) in [5.41, 5.74) is -0.355. The van der Waals surface area contributed by atoms with Gasteiger partial charge in [-0.1, -0.05) is 40.5 Å². The fraction of sp³-hybridized carbons (Fsp3) is 0.938. The van der Waals surface area contributed by atoms with Gasteiger partial charge in [-0.2, -0.15) is 0 Å². The van der Waals surface area contributed by atoms with Crippen LogP contribution in [0.3, 0.4) is 0 Å². The van der Waals surface area contributed by atoms with Crippen LogP contribution in [0.2, 0.25) is 0 Å². The molecule has 3 nitrogen and oxygen atoms in total. The number of carbonyl (C=O) groups is 1. The number of rotatable bonds is 3. The summed E-state index contributed by atoms with van der Waals surface area (Å²) in [5, 5.41) is 3.61. The summed E-state index contributed by atoms with van der Waals surface area (Å²) in [6.07, 6.45) is 6.12. The molecule has 19 heavy (non-hydrogen) atoms. The van der Waals surface area contributed by atoms with Crippen LogP contribution in [0, 0.1) is 11.8 Å². The average molecular weight is 266 g/mol. The molecular weight excluding hydrogens is 236 g/mol. The molecule has 0 radical (unpaired) electrons. The largest absolute Gasteiger partial charge is 0.322 e. The minimum absolute atomic E-state index is 0.211. The lowest BCUT2D eigenvalue weighted by atomic mass is 9.84. The Bertz CT molecular complexity index is 340. The molecule has 3 heteroatoms. The normalized spacial score (nSPS) is 40.2. The minimum Gasteiger partial charge on any atom is -0.322 e. The maximum Gasteiger partial charge on any atom is 0.244 e. The van der Waals surface area contributed by atoms with Crippen LogP contribution in [0.5, 0.6) is 0 Å². The fourth-order valence-electron chi connectivity index (χ4n) is 3.68. The van der Waals surface area contributed by atoms with Crippen LogP contribution in [-0.4, -0.2) is 28.6 Å². The Hall–Kier alpha value is -0.570. The Morgan fingerprint density at radius 3 is 2.53 bits per heavy atom. The molecule has 1 heterocycles. The van der Waals surface area contributed by atoms with Crippen molar-refractivity contribution in [1.82, 2.24) is 10.2 Å². The van der Waals surface area contributed by atoms with E-state index in [0.29, 0.717) is 23.8 Å². The van der Waals surface area contributed by atoms with E-state index in [-0.39, 0.29) is 11.7 Å². The van der Waals surface area contributed by atoms with E-state index in [2.05, 4.69) is 44.8 Å². The van der Waals surface area contributed by atoms with Crippen LogP contribution >= 0.6 is 0 Å². The molecule has 110 valence electrons. The number of hydrogen-bond donors (Lipinski definition) is 1. The predicted octanol–water partition coefficient (Wildman–Crippen LogP) is 3.15. The first-order valence-electron chi connectivity index (χ1n) is 8.01. The minimum atomic E-state index is -0.355. The Morgan fingerprint density at radius 2 is 2.00 bits per heavy atom. The smallest absolute Gasteiger partial charge is 0.244 e. The van der Waals surface area contributed by atoms with E-state index in [4.69, 9.17) is 0 Å². The first-order valence-corrected chi connectivity index (χ1v) is 8.01. The van der Waals surface area contributed by atoms with Crippen LogP contribution in [0.4, 0.5) is 0 Å². The third-order valence-corrected chi connectivity index (χ3v) is 5.23. The molecule has 1 N–H and O–H groups in total. The molecule has 0 aromatic heterocycles. The maximum atomic E-state index is 12.9. The van der Waals surface area contributed by atoms with Crippen molar-refractivity contribution in [3.63, 3.8) is 0 Å². The Morgan fingerprint density at radius 1 is 1.37 bits per heavy atom. The van der Waals surface area contributed by atoms with Crippen LogP contribution in [0.1, 0.15) is 66.7 Å². The standard InChI is InChI=1S/C16H30N2O/c1-6-16(5)15(19)18(14(17-16)11(2)3)13-10-8-7-9-12(13)4/h11-14,17H,6-10H2,1-5H3. The van der Waals surface area contributed by atoms with Crippen molar-refractivity contribution >= 4 is 5.91 Å². The van der Waals surface area contributed by atoms with Crippen molar-refractivity contribution in [3.05, 3.63) is 0 Å². The third kappa shape index (κ3) is 2.54. The van der Waals surface area contributed by atoms with Crippen LogP contribution in [0.25, 0.3) is 0 Å². The van der Waals surface area contributed by atoms with E-state index >= 15 is 0 Å². The number of amides is 1. The zero-order chi connectivity index (χ0) is 14.2. The quantitative estimate of drug-likeness (QED) is 0.851. The second-order valence-electron chi connectivity index (χ2n) is 7.06. The molecule has 1 amide bonds. The Kier molecular flexibility index (Phi) is 4.24. The Balaban J connectivity index is 2.26. The molecule has 2 rings (SSSR count). The van der Waals surface area contributed by atoms with Gasteiger partial charge in [-0.15, -0.1) is 0 Å². The molecule has 2 aliphatic rings. The van der Waals surface area contributed by atoms with E-state index in [1.54, 1.807) is 0 Å². The fourth-order valence-corrected chi connectivity index (χ4v) is 3.68. The number of carbonyl (C=O) groups excluding carboxylic acids is 1. The van der Waals surface area contributed by atoms with Gasteiger partial charge in [0.25, 0.3) is 0 Å². The zero-order valence-corrected chi connectivity index (χ0v) is 13.2. The highest BCUT2D eigenvalue weighted by atomic mass is 16.2. The van der Waals surface area contributed by atoms with Crippen LogP contribution in [-0.2, 0) is 4.79 Å². The predicted molar refractivity (Wildman–Crippen MR) is 78.7 cm³/mol. The van der Waals surface area contributed by atoms with E-state index in [1.807, 2.05) is 0 Å². The van der Waals surface area contributed by atoms with Gasteiger partial charge in [0.15, 0.2) is 0 Å². The number of nitrogens with one attached hydrogen (secondary N) is 1. The van der Waals surface area contributed by atoms with Gasteiger partial charge in [0, 0.05) is 6.04 Å². The van der Waals surface area contributed by atoms with Crippen molar-refractivity contribution in [2.75, 3.05) is 0 Å². The molecule has 4 unspecified atom stereocenters. The highest BCUT2D eigenvalue weighted by Crippen LogP contribution is 2.36. The van der Waals surface area contributed by atoms with Crippen molar-refractivity contribution < 1.29 is 4.79 Å². The van der Waals surface area contributed by atoms with Gasteiger partial charge in [-0.25, -0.2) is 0 Å². The lowest BCUT2D eigenvalue weighted by Crippen LogP contribution is -2.50. The molecule has 1 aliphatic carbocycles. The summed E-state index contributed by atoms with van der Waals surface area (Å²) in [7, 11) is 0. The lowest BCUT2D eigenvalue weighted by molar-refractivity contribution is -0.137. The van der Waals surface area contributed by atoms with E-state index in [0.717, 1.165) is 6.42 Å². The molecule has 1 saturated heterocycles. The molecule has 0 aromatic rings. The molecule has 2 fully saturated rings. The molecule has 0 aromatic carbocycles. The van der Waals surface area contributed by atoms with Gasteiger partial charge in [0.1, 0.15) is 0 Å². The summed E-state index contributed by atoms with van der Waals surface area (Å²) < 4.78 is 0. The van der Waals surface area contributed by atoms with Gasteiger partial charge in [0.2, 0.25) is 5.91 Å². The highest BCUT2D eigenvalue weighted by Gasteiger charge is 2.50. The van der Waals surface area contributed by atoms with Crippen molar-refractivity contribution in [2.24, 2.45) is 11.8 Å². The Labute approximate surface area is 118 Å². The van der Waals surface area contributed by atoms with Gasteiger partial charge in [0.05, 0.1) is 11.7 Å². The maximum absolute atomic E-state index is 12.9. The van der Waals surface area contributed by atoms with E-state index in [1.165, 1.54) is 25.7 Å². The van der Waals surface area contributed by atoms with Crippen molar-refractivity contribution in [3.8, 4) is 0 Å². The van der Waals surface area contributed by atoms with Gasteiger partial charge < -0.3 is 4.90 Å². The van der Waals surface area contributed by atoms with Crippen molar-refractivity contribution in [2.45, 2.75) is 84.5 Å². The van der Waals surface area contributed by atoms with E-state index < -0.39 is 0 Å². The molecule has 4 atom stereocenters. The van der Waals surface area contributed by atoms with E-state index in [9.17, 15) is 4.79 Å². The summed E-state index contributed by atoms with van der Waals surface area (Å²) in [5.74, 6) is 1.43. The second kappa shape index (κ2) is 5.43. The molecule has 0 spiro atoms. The molecule has 1 saturated carbocycles. The molecule has 1 aliphatic heterocycles. The molecular formula is C16H30N2O. The SMILES string of the molecule is CCC1(C)NC(C(C)C)N(C2CCCCC2C)C1=O. The van der Waals surface area contributed by atoms with Gasteiger partial charge in [-0.05, 0) is 38.0 Å².